The standard InChI is InChI=1S/C20H23N3O3/c1-13-11-16(26-2)7-8-17(13)23-15-5-3-14(4-6-15)12-22-19(25)20(9-10-20)18(21)24/h3-8,11,23H,9-10,12H2,1-2H3,(H2,21,24)(H,22,25). The second-order valence-electron chi connectivity index (χ2n) is 6.63. The number of nitrogens with two attached hydrogens (primary N) is 1. The van der Waals surface area contributed by atoms with Crippen LogP contribution in [0, 0.1) is 12.3 Å². The van der Waals surface area contributed by atoms with E-state index >= 15 is 0 Å². The number of primary amides is 1. The Labute approximate surface area is 152 Å². The molecule has 1 saturated carbocycles. The lowest BCUT2D eigenvalue weighted by Gasteiger charge is -2.13. The maximum absolute atomic E-state index is 12.1. The number of anilines is 2. The van der Waals surface area contributed by atoms with Gasteiger partial charge in [0.1, 0.15) is 11.2 Å². The Kier molecular flexibility index (Phi) is 4.84. The first-order chi connectivity index (χ1) is 12.4. The summed E-state index contributed by atoms with van der Waals surface area (Å²) in [7, 11) is 1.65. The van der Waals surface area contributed by atoms with E-state index in [-0.39, 0.29) is 5.91 Å². The van der Waals surface area contributed by atoms with Crippen LogP contribution in [0.4, 0.5) is 11.4 Å². The Balaban J connectivity index is 1.59. The molecular formula is C20H23N3O3. The maximum Gasteiger partial charge on any atom is 0.235 e. The molecule has 2 amide bonds. The molecule has 0 aromatic heterocycles. The van der Waals surface area contributed by atoms with Crippen molar-refractivity contribution in [2.24, 2.45) is 11.1 Å². The molecule has 2 aromatic rings. The first kappa shape index (κ1) is 17.8. The largest absolute Gasteiger partial charge is 0.497 e. The van der Waals surface area contributed by atoms with E-state index in [1.807, 2.05) is 49.4 Å². The van der Waals surface area contributed by atoms with E-state index in [0.717, 1.165) is 28.3 Å². The van der Waals surface area contributed by atoms with Gasteiger partial charge in [-0.3, -0.25) is 9.59 Å². The average molecular weight is 353 g/mol. The van der Waals surface area contributed by atoms with Crippen molar-refractivity contribution in [3.05, 3.63) is 53.6 Å². The molecule has 0 heterocycles. The number of carbonyl (C=O) groups excluding carboxylic acids is 2. The monoisotopic (exact) mass is 353 g/mol. The predicted octanol–water partition coefficient (Wildman–Crippen LogP) is 2.63. The van der Waals surface area contributed by atoms with Gasteiger partial charge in [-0.15, -0.1) is 0 Å². The minimum Gasteiger partial charge on any atom is -0.497 e. The number of hydrogen-bond donors (Lipinski definition) is 3. The van der Waals surface area contributed by atoms with Crippen LogP contribution in [0.25, 0.3) is 0 Å². The zero-order chi connectivity index (χ0) is 18.7. The lowest BCUT2D eigenvalue weighted by atomic mass is 10.1. The molecule has 6 nitrogen and oxygen atoms in total. The van der Waals surface area contributed by atoms with Crippen molar-refractivity contribution in [1.29, 1.82) is 0 Å². The minimum absolute atomic E-state index is 0.277. The smallest absolute Gasteiger partial charge is 0.235 e. The molecule has 3 rings (SSSR count). The molecule has 6 heteroatoms. The summed E-state index contributed by atoms with van der Waals surface area (Å²) in [6, 6.07) is 13.6. The van der Waals surface area contributed by atoms with Crippen molar-refractivity contribution in [2.45, 2.75) is 26.3 Å². The van der Waals surface area contributed by atoms with Crippen molar-refractivity contribution < 1.29 is 14.3 Å². The van der Waals surface area contributed by atoms with Crippen molar-refractivity contribution in [2.75, 3.05) is 12.4 Å². The van der Waals surface area contributed by atoms with E-state index in [4.69, 9.17) is 10.5 Å². The zero-order valence-electron chi connectivity index (χ0n) is 15.0. The Morgan fingerprint density at radius 3 is 2.38 bits per heavy atom. The number of nitrogens with one attached hydrogen (secondary N) is 2. The Bertz CT molecular complexity index is 827. The van der Waals surface area contributed by atoms with Crippen LogP contribution in [-0.4, -0.2) is 18.9 Å². The van der Waals surface area contributed by atoms with Crippen LogP contribution in [0.5, 0.6) is 5.75 Å². The quantitative estimate of drug-likeness (QED) is 0.667. The third-order valence-corrected chi connectivity index (χ3v) is 4.78. The first-order valence-electron chi connectivity index (χ1n) is 8.53. The van der Waals surface area contributed by atoms with Gasteiger partial charge in [-0.2, -0.15) is 0 Å². The molecule has 26 heavy (non-hydrogen) atoms. The number of amides is 2. The summed E-state index contributed by atoms with van der Waals surface area (Å²) in [5.74, 6) is 0.00834. The summed E-state index contributed by atoms with van der Waals surface area (Å²) < 4.78 is 5.21. The van der Waals surface area contributed by atoms with Gasteiger partial charge in [0, 0.05) is 17.9 Å². The first-order valence-corrected chi connectivity index (χ1v) is 8.53. The SMILES string of the molecule is COc1ccc(Nc2ccc(CNC(=O)C3(C(N)=O)CC3)cc2)c(C)c1. The van der Waals surface area contributed by atoms with E-state index in [1.54, 1.807) is 7.11 Å². The highest BCUT2D eigenvalue weighted by molar-refractivity contribution is 6.07. The van der Waals surface area contributed by atoms with E-state index in [2.05, 4.69) is 10.6 Å². The molecule has 0 spiro atoms. The fourth-order valence-electron chi connectivity index (χ4n) is 2.83. The van der Waals surface area contributed by atoms with Gasteiger partial charge in [-0.1, -0.05) is 12.1 Å². The molecule has 136 valence electrons. The summed E-state index contributed by atoms with van der Waals surface area (Å²) in [6.07, 6.45) is 1.08. The molecule has 0 unspecified atom stereocenters. The number of benzene rings is 2. The Morgan fingerprint density at radius 2 is 1.85 bits per heavy atom. The van der Waals surface area contributed by atoms with Gasteiger partial charge in [0.15, 0.2) is 0 Å². The highest BCUT2D eigenvalue weighted by Crippen LogP contribution is 2.45. The van der Waals surface area contributed by atoms with Crippen LogP contribution in [0.3, 0.4) is 0 Å². The highest BCUT2D eigenvalue weighted by Gasteiger charge is 2.55. The Morgan fingerprint density at radius 1 is 1.15 bits per heavy atom. The van der Waals surface area contributed by atoms with Crippen LogP contribution in [0.2, 0.25) is 0 Å². The predicted molar refractivity (Wildman–Crippen MR) is 100 cm³/mol. The van der Waals surface area contributed by atoms with Crippen molar-refractivity contribution in [1.82, 2.24) is 5.32 Å². The molecule has 1 fully saturated rings. The molecule has 1 aliphatic rings. The van der Waals surface area contributed by atoms with Gasteiger partial charge in [0.2, 0.25) is 11.8 Å². The fourth-order valence-corrected chi connectivity index (χ4v) is 2.83. The molecule has 0 radical (unpaired) electrons. The third-order valence-electron chi connectivity index (χ3n) is 4.78. The number of carbonyl (C=O) groups is 2. The topological polar surface area (TPSA) is 93.4 Å². The molecule has 1 aliphatic carbocycles. The molecule has 4 N–H and O–H groups in total. The molecule has 0 atom stereocenters. The van der Waals surface area contributed by atoms with E-state index in [1.165, 1.54) is 0 Å². The van der Waals surface area contributed by atoms with Gasteiger partial charge in [-0.05, 0) is 61.2 Å². The third kappa shape index (κ3) is 3.64. The van der Waals surface area contributed by atoms with Crippen molar-refractivity contribution in [3.63, 3.8) is 0 Å². The number of aryl methyl sites for hydroxylation is 1. The fraction of sp³-hybridized carbons (Fsp3) is 0.300. The van der Waals surface area contributed by atoms with Crippen molar-refractivity contribution >= 4 is 23.2 Å². The highest BCUT2D eigenvalue weighted by atomic mass is 16.5. The summed E-state index contributed by atoms with van der Waals surface area (Å²) in [5.41, 5.74) is 8.32. The van der Waals surface area contributed by atoms with E-state index in [0.29, 0.717) is 19.4 Å². The maximum atomic E-state index is 12.1. The van der Waals surface area contributed by atoms with Crippen LogP contribution in [0.15, 0.2) is 42.5 Å². The van der Waals surface area contributed by atoms with Crippen molar-refractivity contribution in [3.8, 4) is 5.75 Å². The minimum atomic E-state index is -0.979. The lowest BCUT2D eigenvalue weighted by Crippen LogP contribution is -2.40. The summed E-state index contributed by atoms with van der Waals surface area (Å²) in [6.45, 7) is 2.39. The van der Waals surface area contributed by atoms with Gasteiger partial charge < -0.3 is 21.1 Å². The number of rotatable bonds is 7. The second-order valence-corrected chi connectivity index (χ2v) is 6.63. The van der Waals surface area contributed by atoms with Gasteiger partial charge in [0.25, 0.3) is 0 Å². The summed E-state index contributed by atoms with van der Waals surface area (Å²) in [5, 5.41) is 6.16. The van der Waals surface area contributed by atoms with Gasteiger partial charge in [0.05, 0.1) is 7.11 Å². The Hall–Kier alpha value is -3.02. The van der Waals surface area contributed by atoms with Gasteiger partial charge >= 0.3 is 0 Å². The van der Waals surface area contributed by atoms with E-state index in [9.17, 15) is 9.59 Å². The molecule has 0 aliphatic heterocycles. The summed E-state index contributed by atoms with van der Waals surface area (Å²) in [4.78, 5) is 23.5. The molecule has 2 aromatic carbocycles. The van der Waals surface area contributed by atoms with Crippen LogP contribution in [0.1, 0.15) is 24.0 Å². The van der Waals surface area contributed by atoms with Gasteiger partial charge in [-0.25, -0.2) is 0 Å². The number of methoxy groups -OCH3 is 1. The average Bonchev–Trinajstić information content (AvgIpc) is 3.44. The van der Waals surface area contributed by atoms with Crippen LogP contribution < -0.4 is 21.1 Å². The van der Waals surface area contributed by atoms with Crippen LogP contribution in [-0.2, 0) is 16.1 Å². The zero-order valence-corrected chi connectivity index (χ0v) is 15.0. The van der Waals surface area contributed by atoms with Crippen LogP contribution >= 0.6 is 0 Å². The normalized spacial score (nSPS) is 14.4. The number of hydrogen-bond acceptors (Lipinski definition) is 4. The lowest BCUT2D eigenvalue weighted by molar-refractivity contribution is -0.135. The molecular weight excluding hydrogens is 330 g/mol. The van der Waals surface area contributed by atoms with E-state index < -0.39 is 11.3 Å². The second kappa shape index (κ2) is 7.07. The molecule has 0 saturated heterocycles. The summed E-state index contributed by atoms with van der Waals surface area (Å²) >= 11 is 0. The molecule has 0 bridgehead atoms. The number of ether oxygens (including phenoxy) is 1.